The molecule has 2 aromatic rings. The van der Waals surface area contributed by atoms with Crippen LogP contribution in [0.3, 0.4) is 0 Å². The Labute approximate surface area is 129 Å². The van der Waals surface area contributed by atoms with Gasteiger partial charge in [0, 0.05) is 0 Å². The van der Waals surface area contributed by atoms with Gasteiger partial charge in [-0.1, -0.05) is 12.1 Å². The minimum absolute atomic E-state index is 0.335. The molecule has 2 aromatic carbocycles. The zero-order valence-electron chi connectivity index (χ0n) is 11.3. The average molecular weight is 345 g/mol. The Morgan fingerprint density at radius 2 is 1.57 bits per heavy atom. The summed E-state index contributed by atoms with van der Waals surface area (Å²) < 4.78 is 57.7. The van der Waals surface area contributed by atoms with Crippen LogP contribution in [0.5, 0.6) is 5.75 Å². The van der Waals surface area contributed by atoms with Crippen LogP contribution in [0.15, 0.2) is 52.3 Å². The van der Waals surface area contributed by atoms with Gasteiger partial charge < -0.3 is 10.8 Å². The van der Waals surface area contributed by atoms with Crippen LogP contribution in [0.2, 0.25) is 0 Å². The Bertz CT molecular complexity index is 847. The number of phenols is 1. The molecule has 9 heteroatoms. The van der Waals surface area contributed by atoms with Gasteiger partial charge in [0.2, 0.25) is 9.84 Å². The first-order chi connectivity index (χ1) is 10.5. The van der Waals surface area contributed by atoms with Crippen LogP contribution in [-0.4, -0.2) is 19.4 Å². The second kappa shape index (κ2) is 5.58. The van der Waals surface area contributed by atoms with Crippen LogP contribution in [0.4, 0.5) is 13.2 Å². The van der Waals surface area contributed by atoms with Gasteiger partial charge in [0.25, 0.3) is 5.91 Å². The molecule has 122 valence electrons. The minimum atomic E-state index is -4.55. The molecule has 1 aliphatic heterocycles. The third kappa shape index (κ3) is 3.45. The molecule has 1 aliphatic rings. The summed E-state index contributed by atoms with van der Waals surface area (Å²) in [5.41, 5.74) is 3.43. The van der Waals surface area contributed by atoms with Gasteiger partial charge in [0.1, 0.15) is 5.75 Å². The Kier molecular flexibility index (Phi) is 4.08. The zero-order valence-corrected chi connectivity index (χ0v) is 12.1. The number of nitrogens with two attached hydrogens (primary N) is 1. The van der Waals surface area contributed by atoms with Crippen molar-refractivity contribution < 1.29 is 31.5 Å². The van der Waals surface area contributed by atoms with Crippen LogP contribution in [0.25, 0.3) is 0 Å². The summed E-state index contributed by atoms with van der Waals surface area (Å²) in [6.07, 6.45) is -4.55. The fraction of sp³-hybridized carbons (Fsp3) is 0.0714. The van der Waals surface area contributed by atoms with Gasteiger partial charge in [-0.3, -0.25) is 4.79 Å². The maximum Gasteiger partial charge on any atom is 0.416 e. The fourth-order valence-electron chi connectivity index (χ4n) is 1.77. The van der Waals surface area contributed by atoms with E-state index >= 15 is 0 Å². The first-order valence-corrected chi connectivity index (χ1v) is 7.57. The van der Waals surface area contributed by atoms with Crippen LogP contribution in [-0.2, 0) is 16.0 Å². The second-order valence-corrected chi connectivity index (χ2v) is 6.43. The molecule has 0 radical (unpaired) electrons. The van der Waals surface area contributed by atoms with Gasteiger partial charge in [0.05, 0.1) is 20.9 Å². The van der Waals surface area contributed by atoms with Crippen molar-refractivity contribution in [2.45, 2.75) is 16.0 Å². The monoisotopic (exact) mass is 345 g/mol. The van der Waals surface area contributed by atoms with E-state index in [2.05, 4.69) is 0 Å². The zero-order chi connectivity index (χ0) is 17.4. The predicted molar refractivity (Wildman–Crippen MR) is 73.5 cm³/mol. The molecular formula is C14H10F3NO4S. The molecule has 0 fully saturated rings. The van der Waals surface area contributed by atoms with E-state index in [-0.39, 0.29) is 5.56 Å². The molecule has 0 unspecified atom stereocenters. The third-order valence-corrected chi connectivity index (χ3v) is 4.64. The van der Waals surface area contributed by atoms with Crippen molar-refractivity contribution in [1.82, 2.24) is 0 Å². The molecule has 0 aromatic heterocycles. The SMILES string of the molecule is NC(=O)c1ccc(C(F)(F)F)cc1O.O=S1(=O)c2ccccc21. The van der Waals surface area contributed by atoms with Gasteiger partial charge >= 0.3 is 6.18 Å². The number of alkyl halides is 3. The van der Waals surface area contributed by atoms with Crippen molar-refractivity contribution in [3.8, 4) is 5.75 Å². The van der Waals surface area contributed by atoms with Gasteiger partial charge in [-0.15, -0.1) is 0 Å². The lowest BCUT2D eigenvalue weighted by Gasteiger charge is -2.07. The van der Waals surface area contributed by atoms with Crippen LogP contribution in [0, 0.1) is 0 Å². The van der Waals surface area contributed by atoms with Gasteiger partial charge in [-0.05, 0) is 30.3 Å². The molecule has 0 aliphatic carbocycles. The van der Waals surface area contributed by atoms with Crippen LogP contribution < -0.4 is 5.73 Å². The van der Waals surface area contributed by atoms with Crippen molar-refractivity contribution >= 4 is 15.7 Å². The molecule has 0 saturated heterocycles. The first-order valence-electron chi connectivity index (χ1n) is 6.09. The molecule has 3 rings (SSSR count). The van der Waals surface area contributed by atoms with Crippen molar-refractivity contribution in [3.63, 3.8) is 0 Å². The summed E-state index contributed by atoms with van der Waals surface area (Å²) >= 11 is 0. The predicted octanol–water partition coefficient (Wildman–Crippen LogP) is 2.34. The highest BCUT2D eigenvalue weighted by molar-refractivity contribution is 7.97. The standard InChI is InChI=1S/C8H6F3NO2.C6H4O2S/c9-8(10,11)4-1-2-5(7(12)14)6(13)3-4;7-9(8)5-3-1-2-4-6(5)9/h1-3,13H,(H2,12,14);1-4H. The number of amides is 1. The molecule has 5 nitrogen and oxygen atoms in total. The Morgan fingerprint density at radius 1 is 1.04 bits per heavy atom. The largest absolute Gasteiger partial charge is 0.507 e. The molecule has 1 amide bonds. The molecule has 0 atom stereocenters. The number of hydrogen-bond donors (Lipinski definition) is 2. The summed E-state index contributed by atoms with van der Waals surface area (Å²) in [5, 5.41) is 9.02. The van der Waals surface area contributed by atoms with Gasteiger partial charge in [-0.2, -0.15) is 13.2 Å². The van der Waals surface area contributed by atoms with E-state index < -0.39 is 33.2 Å². The molecule has 0 spiro atoms. The first kappa shape index (κ1) is 16.8. The van der Waals surface area contributed by atoms with E-state index in [0.29, 0.717) is 21.9 Å². The number of rotatable bonds is 1. The summed E-state index contributed by atoms with van der Waals surface area (Å²) in [4.78, 5) is 11.5. The van der Waals surface area contributed by atoms with Gasteiger partial charge in [-0.25, -0.2) is 8.42 Å². The van der Waals surface area contributed by atoms with E-state index in [1.165, 1.54) is 0 Å². The lowest BCUT2D eigenvalue weighted by atomic mass is 10.1. The maximum atomic E-state index is 12.1. The number of hydrogen-bond acceptors (Lipinski definition) is 4. The highest BCUT2D eigenvalue weighted by Crippen LogP contribution is 2.38. The number of halogens is 3. The van der Waals surface area contributed by atoms with E-state index in [9.17, 15) is 26.4 Å². The average Bonchev–Trinajstić information content (AvgIpc) is 3.01. The third-order valence-electron chi connectivity index (χ3n) is 2.98. The molecule has 1 heterocycles. The highest BCUT2D eigenvalue weighted by Gasteiger charge is 2.37. The summed E-state index contributed by atoms with van der Waals surface area (Å²) in [6, 6.07) is 8.66. The normalized spacial score (nSPS) is 14.2. The molecule has 3 N–H and O–H groups in total. The van der Waals surface area contributed by atoms with Gasteiger partial charge in [0.15, 0.2) is 0 Å². The summed E-state index contributed by atoms with van der Waals surface area (Å²) in [7, 11) is -2.88. The lowest BCUT2D eigenvalue weighted by molar-refractivity contribution is -0.137. The lowest BCUT2D eigenvalue weighted by Crippen LogP contribution is -2.12. The summed E-state index contributed by atoms with van der Waals surface area (Å²) in [5.74, 6) is -1.75. The Morgan fingerprint density at radius 3 is 1.91 bits per heavy atom. The van der Waals surface area contributed by atoms with E-state index in [1.807, 2.05) is 0 Å². The van der Waals surface area contributed by atoms with E-state index in [4.69, 9.17) is 10.8 Å². The number of sulfone groups is 1. The summed E-state index contributed by atoms with van der Waals surface area (Å²) in [6.45, 7) is 0. The number of aromatic hydroxyl groups is 1. The van der Waals surface area contributed by atoms with E-state index in [1.54, 1.807) is 24.3 Å². The maximum absolute atomic E-state index is 12.1. The molecular weight excluding hydrogens is 335 g/mol. The fourth-order valence-corrected chi connectivity index (χ4v) is 3.07. The Hall–Kier alpha value is -2.55. The van der Waals surface area contributed by atoms with E-state index in [0.717, 1.165) is 6.07 Å². The molecule has 0 bridgehead atoms. The van der Waals surface area contributed by atoms with Crippen molar-refractivity contribution in [1.29, 1.82) is 0 Å². The number of primary amides is 1. The minimum Gasteiger partial charge on any atom is -0.507 e. The quantitative estimate of drug-likeness (QED) is 0.662. The topological polar surface area (TPSA) is 97.5 Å². The highest BCUT2D eigenvalue weighted by atomic mass is 32.2. The molecule has 0 saturated carbocycles. The number of carbonyl (C=O) groups excluding carboxylic acids is 1. The number of benzene rings is 2. The Balaban J connectivity index is 0.000000182. The second-order valence-electron chi connectivity index (χ2n) is 4.54. The van der Waals surface area contributed by atoms with Crippen molar-refractivity contribution in [3.05, 3.63) is 53.6 Å². The number of fused-ring (bicyclic) bond motifs is 1. The van der Waals surface area contributed by atoms with Crippen molar-refractivity contribution in [2.24, 2.45) is 5.73 Å². The smallest absolute Gasteiger partial charge is 0.416 e. The van der Waals surface area contributed by atoms with Crippen LogP contribution >= 0.6 is 0 Å². The van der Waals surface area contributed by atoms with Crippen LogP contribution in [0.1, 0.15) is 15.9 Å². The number of carbonyl (C=O) groups is 1. The molecule has 23 heavy (non-hydrogen) atoms. The van der Waals surface area contributed by atoms with Crippen molar-refractivity contribution in [2.75, 3.05) is 0 Å².